The summed E-state index contributed by atoms with van der Waals surface area (Å²) in [6.45, 7) is 4.77. The summed E-state index contributed by atoms with van der Waals surface area (Å²) in [6, 6.07) is 8.15. The second-order valence-corrected chi connectivity index (χ2v) is 4.59. The molecule has 17 heavy (non-hydrogen) atoms. The van der Waals surface area contributed by atoms with Gasteiger partial charge in [0, 0.05) is 6.61 Å². The fourth-order valence-corrected chi connectivity index (χ4v) is 2.24. The summed E-state index contributed by atoms with van der Waals surface area (Å²) in [7, 11) is 0. The Bertz CT molecular complexity index is 397. The maximum absolute atomic E-state index is 11.9. The van der Waals surface area contributed by atoms with E-state index in [1.165, 1.54) is 11.1 Å². The van der Waals surface area contributed by atoms with Crippen LogP contribution in [0.1, 0.15) is 36.9 Å². The van der Waals surface area contributed by atoms with E-state index in [2.05, 4.69) is 24.4 Å². The average molecular weight is 233 g/mol. The van der Waals surface area contributed by atoms with Crippen LogP contribution in [0.3, 0.4) is 0 Å². The lowest BCUT2D eigenvalue weighted by molar-refractivity contribution is -0.130. The highest BCUT2D eigenvalue weighted by atomic mass is 16.5. The molecule has 3 heteroatoms. The first kappa shape index (κ1) is 12.1. The van der Waals surface area contributed by atoms with Crippen LogP contribution in [0.4, 0.5) is 0 Å². The van der Waals surface area contributed by atoms with E-state index in [0.717, 1.165) is 12.8 Å². The summed E-state index contributed by atoms with van der Waals surface area (Å²) >= 11 is 0. The zero-order chi connectivity index (χ0) is 12.3. The lowest BCUT2D eigenvalue weighted by Gasteiger charge is -2.18. The molecule has 92 valence electrons. The Hall–Kier alpha value is -1.35. The Morgan fingerprint density at radius 2 is 2.24 bits per heavy atom. The Morgan fingerprint density at radius 1 is 1.47 bits per heavy atom. The molecule has 0 bridgehead atoms. The molecule has 3 nitrogen and oxygen atoms in total. The van der Waals surface area contributed by atoms with Gasteiger partial charge in [0.2, 0.25) is 5.91 Å². The molecule has 1 heterocycles. The maximum Gasteiger partial charge on any atom is 0.249 e. The van der Waals surface area contributed by atoms with E-state index < -0.39 is 0 Å². The fourth-order valence-electron chi connectivity index (χ4n) is 2.24. The van der Waals surface area contributed by atoms with Gasteiger partial charge in [-0.2, -0.15) is 0 Å². The zero-order valence-electron chi connectivity index (χ0n) is 10.4. The first-order chi connectivity index (χ1) is 8.18. The van der Waals surface area contributed by atoms with Crippen molar-refractivity contribution in [2.45, 2.75) is 38.8 Å². The number of nitrogens with one attached hydrogen (secondary N) is 1. The third-order valence-electron chi connectivity index (χ3n) is 3.24. The van der Waals surface area contributed by atoms with Gasteiger partial charge >= 0.3 is 0 Å². The highest BCUT2D eigenvalue weighted by molar-refractivity contribution is 5.81. The van der Waals surface area contributed by atoms with Crippen molar-refractivity contribution in [1.29, 1.82) is 0 Å². The molecule has 1 aliphatic heterocycles. The van der Waals surface area contributed by atoms with Crippen molar-refractivity contribution in [1.82, 2.24) is 5.32 Å². The molecule has 1 aromatic carbocycles. The van der Waals surface area contributed by atoms with E-state index in [4.69, 9.17) is 4.74 Å². The highest BCUT2D eigenvalue weighted by Gasteiger charge is 2.24. The third kappa shape index (κ3) is 2.86. The smallest absolute Gasteiger partial charge is 0.249 e. The van der Waals surface area contributed by atoms with Crippen molar-refractivity contribution >= 4 is 5.91 Å². The van der Waals surface area contributed by atoms with E-state index in [9.17, 15) is 4.79 Å². The van der Waals surface area contributed by atoms with Crippen molar-refractivity contribution < 1.29 is 9.53 Å². The summed E-state index contributed by atoms with van der Waals surface area (Å²) < 4.78 is 5.37. The summed E-state index contributed by atoms with van der Waals surface area (Å²) in [5.41, 5.74) is 2.37. The Morgan fingerprint density at radius 3 is 2.88 bits per heavy atom. The number of aryl methyl sites for hydroxylation is 1. The van der Waals surface area contributed by atoms with Gasteiger partial charge in [0.25, 0.3) is 0 Å². The van der Waals surface area contributed by atoms with Gasteiger partial charge in [-0.1, -0.05) is 24.3 Å². The molecule has 2 unspecified atom stereocenters. The monoisotopic (exact) mass is 233 g/mol. The van der Waals surface area contributed by atoms with Crippen LogP contribution >= 0.6 is 0 Å². The number of rotatable bonds is 3. The number of hydrogen-bond donors (Lipinski definition) is 1. The van der Waals surface area contributed by atoms with Gasteiger partial charge in [0.05, 0.1) is 6.04 Å². The normalized spacial score (nSPS) is 21.2. The SMILES string of the molecule is Cc1ccccc1C(C)NC(=O)C1CCCO1. The van der Waals surface area contributed by atoms with Crippen molar-refractivity contribution in [3.8, 4) is 0 Å². The van der Waals surface area contributed by atoms with Crippen molar-refractivity contribution in [3.05, 3.63) is 35.4 Å². The standard InChI is InChI=1S/C14H19NO2/c1-10-6-3-4-7-12(10)11(2)15-14(16)13-8-5-9-17-13/h3-4,6-7,11,13H,5,8-9H2,1-2H3,(H,15,16). The van der Waals surface area contributed by atoms with Crippen molar-refractivity contribution in [2.24, 2.45) is 0 Å². The Labute approximate surface area is 102 Å². The van der Waals surface area contributed by atoms with Gasteiger partial charge in [-0.3, -0.25) is 4.79 Å². The van der Waals surface area contributed by atoms with Crippen LogP contribution in [-0.4, -0.2) is 18.6 Å². The summed E-state index contributed by atoms with van der Waals surface area (Å²) in [5, 5.41) is 3.02. The Balaban J connectivity index is 1.99. The van der Waals surface area contributed by atoms with E-state index in [1.54, 1.807) is 0 Å². The predicted octanol–water partition coefficient (Wildman–Crippen LogP) is 2.35. The van der Waals surface area contributed by atoms with Crippen LogP contribution in [0.5, 0.6) is 0 Å². The first-order valence-corrected chi connectivity index (χ1v) is 6.16. The van der Waals surface area contributed by atoms with Crippen molar-refractivity contribution in [3.63, 3.8) is 0 Å². The zero-order valence-corrected chi connectivity index (χ0v) is 10.4. The molecule has 1 aliphatic rings. The largest absolute Gasteiger partial charge is 0.368 e. The second-order valence-electron chi connectivity index (χ2n) is 4.59. The molecule has 0 saturated carbocycles. The Kier molecular flexibility index (Phi) is 3.79. The molecular formula is C14H19NO2. The number of carbonyl (C=O) groups is 1. The summed E-state index contributed by atoms with van der Waals surface area (Å²) in [5.74, 6) is 0.0123. The lowest BCUT2D eigenvalue weighted by Crippen LogP contribution is -2.36. The quantitative estimate of drug-likeness (QED) is 0.870. The minimum atomic E-state index is -0.249. The molecule has 1 aromatic rings. The molecule has 1 amide bonds. The highest BCUT2D eigenvalue weighted by Crippen LogP contribution is 2.18. The number of carbonyl (C=O) groups excluding carboxylic acids is 1. The van der Waals surface area contributed by atoms with Gasteiger partial charge in [-0.05, 0) is 37.8 Å². The van der Waals surface area contributed by atoms with E-state index in [-0.39, 0.29) is 18.1 Å². The average Bonchev–Trinajstić information content (AvgIpc) is 2.82. The predicted molar refractivity (Wildman–Crippen MR) is 66.7 cm³/mol. The molecule has 2 atom stereocenters. The lowest BCUT2D eigenvalue weighted by atomic mass is 10.0. The van der Waals surface area contributed by atoms with Crippen molar-refractivity contribution in [2.75, 3.05) is 6.61 Å². The molecule has 1 N–H and O–H groups in total. The van der Waals surface area contributed by atoms with Gasteiger partial charge in [0.1, 0.15) is 6.10 Å². The molecule has 2 rings (SSSR count). The van der Waals surface area contributed by atoms with Gasteiger partial charge < -0.3 is 10.1 Å². The van der Waals surface area contributed by atoms with Gasteiger partial charge in [-0.25, -0.2) is 0 Å². The molecule has 1 fully saturated rings. The topological polar surface area (TPSA) is 38.3 Å². The number of hydrogen-bond acceptors (Lipinski definition) is 2. The van der Waals surface area contributed by atoms with Crippen LogP contribution in [0, 0.1) is 6.92 Å². The number of amides is 1. The number of benzene rings is 1. The van der Waals surface area contributed by atoms with Gasteiger partial charge in [-0.15, -0.1) is 0 Å². The van der Waals surface area contributed by atoms with Crippen LogP contribution in [0.15, 0.2) is 24.3 Å². The molecular weight excluding hydrogens is 214 g/mol. The van der Waals surface area contributed by atoms with Crippen LogP contribution < -0.4 is 5.32 Å². The first-order valence-electron chi connectivity index (χ1n) is 6.16. The van der Waals surface area contributed by atoms with E-state index in [1.807, 2.05) is 19.1 Å². The molecule has 0 aromatic heterocycles. The van der Waals surface area contributed by atoms with E-state index in [0.29, 0.717) is 6.61 Å². The van der Waals surface area contributed by atoms with Gasteiger partial charge in [0.15, 0.2) is 0 Å². The molecule has 0 radical (unpaired) electrons. The van der Waals surface area contributed by atoms with Crippen LogP contribution in [0.25, 0.3) is 0 Å². The minimum Gasteiger partial charge on any atom is -0.368 e. The molecule has 0 aliphatic carbocycles. The molecule has 1 saturated heterocycles. The summed E-state index contributed by atoms with van der Waals surface area (Å²) in [4.78, 5) is 11.9. The number of ether oxygens (including phenoxy) is 1. The van der Waals surface area contributed by atoms with Crippen LogP contribution in [0.2, 0.25) is 0 Å². The molecule has 0 spiro atoms. The van der Waals surface area contributed by atoms with E-state index >= 15 is 0 Å². The fraction of sp³-hybridized carbons (Fsp3) is 0.500. The second kappa shape index (κ2) is 5.32. The third-order valence-corrected chi connectivity index (χ3v) is 3.24. The summed E-state index contributed by atoms with van der Waals surface area (Å²) in [6.07, 6.45) is 1.57. The van der Waals surface area contributed by atoms with Crippen LogP contribution in [-0.2, 0) is 9.53 Å². The minimum absolute atomic E-state index is 0.0123. The maximum atomic E-state index is 11.9.